The summed E-state index contributed by atoms with van der Waals surface area (Å²) in [6.45, 7) is 1.64. The molecular weight excluding hydrogens is 168 g/mol. The summed E-state index contributed by atoms with van der Waals surface area (Å²) in [5, 5.41) is 18.2. The molecule has 3 nitrogen and oxygen atoms in total. The molecule has 0 fully saturated rings. The van der Waals surface area contributed by atoms with Gasteiger partial charge >= 0.3 is 0 Å². The van der Waals surface area contributed by atoms with Crippen molar-refractivity contribution in [2.45, 2.75) is 19.1 Å². The summed E-state index contributed by atoms with van der Waals surface area (Å²) >= 11 is 0. The zero-order valence-electron chi connectivity index (χ0n) is 7.55. The molecule has 13 heavy (non-hydrogen) atoms. The van der Waals surface area contributed by atoms with Crippen LogP contribution in [0.15, 0.2) is 30.3 Å². The molecule has 2 atom stereocenters. The predicted octanol–water partition coefficient (Wildman–Crippen LogP) is 0.807. The highest BCUT2D eigenvalue weighted by Gasteiger charge is 2.10. The van der Waals surface area contributed by atoms with Crippen LogP contribution in [-0.2, 0) is 0 Å². The quantitative estimate of drug-likeness (QED) is 0.724. The van der Waals surface area contributed by atoms with Crippen LogP contribution in [0.4, 0.5) is 0 Å². The Balaban J connectivity index is 2.35. The Bertz CT molecular complexity index is 233. The normalized spacial score (nSPS) is 15.0. The number of hydrogen-bond acceptors (Lipinski definition) is 3. The van der Waals surface area contributed by atoms with Gasteiger partial charge in [-0.1, -0.05) is 18.2 Å². The molecule has 2 N–H and O–H groups in total. The van der Waals surface area contributed by atoms with E-state index in [1.54, 1.807) is 12.1 Å². The maximum Gasteiger partial charge on any atom is 0.119 e. The third-order valence-electron chi connectivity index (χ3n) is 1.72. The van der Waals surface area contributed by atoms with Crippen LogP contribution in [0.1, 0.15) is 6.92 Å². The fourth-order valence-electron chi connectivity index (χ4n) is 0.838. The second-order valence-corrected chi connectivity index (χ2v) is 2.93. The predicted molar refractivity (Wildman–Crippen MR) is 49.6 cm³/mol. The summed E-state index contributed by atoms with van der Waals surface area (Å²) in [4.78, 5) is 0. The molecule has 1 rings (SSSR count). The van der Waals surface area contributed by atoms with Crippen LogP contribution in [-0.4, -0.2) is 29.0 Å². The first-order valence-electron chi connectivity index (χ1n) is 4.24. The smallest absolute Gasteiger partial charge is 0.119 e. The lowest BCUT2D eigenvalue weighted by Gasteiger charge is -2.14. The average molecular weight is 182 g/mol. The maximum atomic E-state index is 9.21. The topological polar surface area (TPSA) is 49.7 Å². The first-order chi connectivity index (χ1) is 6.20. The van der Waals surface area contributed by atoms with E-state index >= 15 is 0 Å². The van der Waals surface area contributed by atoms with Crippen molar-refractivity contribution < 1.29 is 14.9 Å². The van der Waals surface area contributed by atoms with Gasteiger partial charge in [-0.25, -0.2) is 0 Å². The van der Waals surface area contributed by atoms with Crippen LogP contribution >= 0.6 is 0 Å². The fourth-order valence-corrected chi connectivity index (χ4v) is 0.838. The molecule has 0 unspecified atom stereocenters. The van der Waals surface area contributed by atoms with Crippen LogP contribution in [0.3, 0.4) is 0 Å². The second kappa shape index (κ2) is 4.84. The largest absolute Gasteiger partial charge is 0.491 e. The molecular formula is C10H14O3. The Kier molecular flexibility index (Phi) is 3.73. The minimum absolute atomic E-state index is 0.113. The van der Waals surface area contributed by atoms with Crippen molar-refractivity contribution in [3.8, 4) is 5.75 Å². The van der Waals surface area contributed by atoms with Gasteiger partial charge in [0, 0.05) is 0 Å². The number of ether oxygens (including phenoxy) is 1. The van der Waals surface area contributed by atoms with E-state index in [1.807, 2.05) is 18.2 Å². The van der Waals surface area contributed by atoms with E-state index in [0.29, 0.717) is 5.75 Å². The highest BCUT2D eigenvalue weighted by molar-refractivity contribution is 5.20. The molecule has 0 aliphatic heterocycles. The number of rotatable bonds is 4. The van der Waals surface area contributed by atoms with Crippen LogP contribution in [0.5, 0.6) is 5.75 Å². The molecule has 0 radical (unpaired) electrons. The summed E-state index contributed by atoms with van der Waals surface area (Å²) in [6, 6.07) is 9.19. The van der Waals surface area contributed by atoms with E-state index in [1.165, 1.54) is 6.92 Å². The van der Waals surface area contributed by atoms with Gasteiger partial charge in [-0.05, 0) is 19.1 Å². The molecule has 0 spiro atoms. The summed E-state index contributed by atoms with van der Waals surface area (Å²) in [6.07, 6.45) is -1.59. The van der Waals surface area contributed by atoms with Gasteiger partial charge in [0.1, 0.15) is 18.5 Å². The molecule has 1 aromatic carbocycles. The standard InChI is InChI=1S/C10H14O3/c1-8(11)10(12)7-13-9-5-3-2-4-6-9/h2-6,8,10-12H,7H2,1H3/t8-,10+/m1/s1. The van der Waals surface area contributed by atoms with Gasteiger partial charge in [0.05, 0.1) is 6.10 Å². The van der Waals surface area contributed by atoms with Crippen LogP contribution in [0.25, 0.3) is 0 Å². The molecule has 0 amide bonds. The highest BCUT2D eigenvalue weighted by Crippen LogP contribution is 2.08. The summed E-state index contributed by atoms with van der Waals surface area (Å²) in [5.74, 6) is 0.696. The minimum Gasteiger partial charge on any atom is -0.491 e. The van der Waals surface area contributed by atoms with Crippen molar-refractivity contribution in [3.05, 3.63) is 30.3 Å². The lowest BCUT2D eigenvalue weighted by molar-refractivity contribution is 0.00227. The second-order valence-electron chi connectivity index (χ2n) is 2.93. The number of aliphatic hydroxyl groups is 2. The Morgan fingerprint density at radius 1 is 1.23 bits per heavy atom. The zero-order chi connectivity index (χ0) is 9.68. The third kappa shape index (κ3) is 3.44. The third-order valence-corrected chi connectivity index (χ3v) is 1.72. The van der Waals surface area contributed by atoms with Gasteiger partial charge in [-0.2, -0.15) is 0 Å². The minimum atomic E-state index is -0.833. The van der Waals surface area contributed by atoms with Crippen molar-refractivity contribution in [1.82, 2.24) is 0 Å². The molecule has 1 aromatic rings. The molecule has 72 valence electrons. The number of aliphatic hydroxyl groups excluding tert-OH is 2. The lowest BCUT2D eigenvalue weighted by atomic mass is 10.2. The maximum absolute atomic E-state index is 9.21. The SMILES string of the molecule is C[C@@H](O)[C@@H](O)COc1ccccc1. The zero-order valence-corrected chi connectivity index (χ0v) is 7.55. The number of hydrogen-bond donors (Lipinski definition) is 2. The van der Waals surface area contributed by atoms with Gasteiger partial charge < -0.3 is 14.9 Å². The van der Waals surface area contributed by atoms with Crippen molar-refractivity contribution in [2.24, 2.45) is 0 Å². The Morgan fingerprint density at radius 3 is 2.38 bits per heavy atom. The van der Waals surface area contributed by atoms with Gasteiger partial charge in [-0.3, -0.25) is 0 Å². The summed E-state index contributed by atoms with van der Waals surface area (Å²) in [5.41, 5.74) is 0. The molecule has 0 bridgehead atoms. The molecule has 0 aliphatic carbocycles. The highest BCUT2D eigenvalue weighted by atomic mass is 16.5. The van der Waals surface area contributed by atoms with E-state index in [2.05, 4.69) is 0 Å². The number of benzene rings is 1. The Labute approximate surface area is 77.6 Å². The van der Waals surface area contributed by atoms with Gasteiger partial charge in [0.25, 0.3) is 0 Å². The Morgan fingerprint density at radius 2 is 1.85 bits per heavy atom. The Hall–Kier alpha value is -1.06. The van der Waals surface area contributed by atoms with E-state index in [9.17, 15) is 5.11 Å². The average Bonchev–Trinajstić information content (AvgIpc) is 2.15. The van der Waals surface area contributed by atoms with E-state index in [4.69, 9.17) is 9.84 Å². The monoisotopic (exact) mass is 182 g/mol. The van der Waals surface area contributed by atoms with E-state index < -0.39 is 12.2 Å². The first-order valence-corrected chi connectivity index (χ1v) is 4.24. The first kappa shape index (κ1) is 10.0. The van der Waals surface area contributed by atoms with Crippen molar-refractivity contribution in [3.63, 3.8) is 0 Å². The van der Waals surface area contributed by atoms with E-state index in [0.717, 1.165) is 0 Å². The molecule has 0 heterocycles. The summed E-state index contributed by atoms with van der Waals surface area (Å²) < 4.78 is 5.22. The fraction of sp³-hybridized carbons (Fsp3) is 0.400. The van der Waals surface area contributed by atoms with E-state index in [-0.39, 0.29) is 6.61 Å². The van der Waals surface area contributed by atoms with Gasteiger partial charge in [0.2, 0.25) is 0 Å². The van der Waals surface area contributed by atoms with Crippen LogP contribution in [0.2, 0.25) is 0 Å². The van der Waals surface area contributed by atoms with Crippen molar-refractivity contribution in [1.29, 1.82) is 0 Å². The van der Waals surface area contributed by atoms with Gasteiger partial charge in [0.15, 0.2) is 0 Å². The number of para-hydroxylation sites is 1. The lowest BCUT2D eigenvalue weighted by Crippen LogP contribution is -2.29. The molecule has 0 aliphatic rings. The molecule has 0 saturated heterocycles. The van der Waals surface area contributed by atoms with Gasteiger partial charge in [-0.15, -0.1) is 0 Å². The molecule has 0 aromatic heterocycles. The summed E-state index contributed by atoms with van der Waals surface area (Å²) in [7, 11) is 0. The van der Waals surface area contributed by atoms with Crippen LogP contribution < -0.4 is 4.74 Å². The van der Waals surface area contributed by atoms with Crippen LogP contribution in [0, 0.1) is 0 Å². The van der Waals surface area contributed by atoms with Crippen molar-refractivity contribution >= 4 is 0 Å². The van der Waals surface area contributed by atoms with Crippen molar-refractivity contribution in [2.75, 3.05) is 6.61 Å². The molecule has 3 heteroatoms. The molecule has 0 saturated carbocycles.